The molecule has 3 aromatic rings. The van der Waals surface area contributed by atoms with Crippen LogP contribution in [0.1, 0.15) is 40.1 Å². The molecule has 0 aliphatic heterocycles. The van der Waals surface area contributed by atoms with E-state index in [2.05, 4.69) is 10.3 Å². The second-order valence-electron chi connectivity index (χ2n) is 6.93. The number of amides is 1. The van der Waals surface area contributed by atoms with Crippen LogP contribution in [0.5, 0.6) is 11.5 Å². The Hall–Kier alpha value is -3.94. The zero-order valence-corrected chi connectivity index (χ0v) is 17.0. The monoisotopic (exact) mass is 424 g/mol. The average molecular weight is 424 g/mol. The molecular formula is C23H21FN2O5. The van der Waals surface area contributed by atoms with Crippen molar-refractivity contribution in [2.24, 2.45) is 0 Å². The van der Waals surface area contributed by atoms with Crippen molar-refractivity contribution >= 4 is 17.7 Å². The van der Waals surface area contributed by atoms with E-state index in [1.54, 1.807) is 24.3 Å². The van der Waals surface area contributed by atoms with Crippen LogP contribution >= 0.6 is 0 Å². The summed E-state index contributed by atoms with van der Waals surface area (Å²) in [5, 5.41) is 11.6. The van der Waals surface area contributed by atoms with Crippen LogP contribution in [0.3, 0.4) is 0 Å². The van der Waals surface area contributed by atoms with Gasteiger partial charge in [0.05, 0.1) is 17.2 Å². The zero-order valence-electron chi connectivity index (χ0n) is 17.0. The highest BCUT2D eigenvalue weighted by Crippen LogP contribution is 2.27. The van der Waals surface area contributed by atoms with Gasteiger partial charge in [-0.05, 0) is 61.9 Å². The largest absolute Gasteiger partial charge is 0.490 e. The third-order valence-corrected chi connectivity index (χ3v) is 4.10. The van der Waals surface area contributed by atoms with E-state index >= 15 is 0 Å². The first-order valence-electron chi connectivity index (χ1n) is 9.50. The van der Waals surface area contributed by atoms with Crippen molar-refractivity contribution in [1.29, 1.82) is 0 Å². The number of carbonyl (C=O) groups excluding carboxylic acids is 1. The van der Waals surface area contributed by atoms with Gasteiger partial charge in [-0.15, -0.1) is 0 Å². The minimum Gasteiger partial charge on any atom is -0.490 e. The molecule has 1 amide bonds. The van der Waals surface area contributed by atoms with Crippen molar-refractivity contribution in [2.45, 2.75) is 26.6 Å². The minimum atomic E-state index is -1.11. The smallest absolute Gasteiger partial charge is 0.337 e. The van der Waals surface area contributed by atoms with Gasteiger partial charge in [0.25, 0.3) is 5.91 Å². The third kappa shape index (κ3) is 6.02. The maximum atomic E-state index is 13.3. The number of halogens is 1. The number of hydrogen-bond acceptors (Lipinski definition) is 5. The normalized spacial score (nSPS) is 10.6. The molecule has 0 unspecified atom stereocenters. The fraction of sp³-hybridized carbons (Fsp3) is 0.174. The van der Waals surface area contributed by atoms with Crippen LogP contribution in [0.4, 0.5) is 10.2 Å². The number of anilines is 1. The lowest BCUT2D eigenvalue weighted by molar-refractivity contribution is 0.0696. The predicted octanol–water partition coefficient (Wildman–Crippen LogP) is 4.54. The molecule has 0 saturated carbocycles. The van der Waals surface area contributed by atoms with Gasteiger partial charge in [0, 0.05) is 6.20 Å². The minimum absolute atomic E-state index is 0.00887. The molecule has 2 aromatic carbocycles. The van der Waals surface area contributed by atoms with E-state index in [1.807, 2.05) is 13.8 Å². The number of carboxylic acids is 1. The molecule has 3 rings (SSSR count). The number of ether oxygens (including phenoxy) is 2. The molecule has 1 aromatic heterocycles. The van der Waals surface area contributed by atoms with E-state index in [1.165, 1.54) is 30.3 Å². The van der Waals surface area contributed by atoms with Crippen LogP contribution in [0.2, 0.25) is 0 Å². The third-order valence-electron chi connectivity index (χ3n) is 4.10. The predicted molar refractivity (Wildman–Crippen MR) is 112 cm³/mol. The lowest BCUT2D eigenvalue weighted by Crippen LogP contribution is -2.17. The molecule has 0 radical (unpaired) electrons. The van der Waals surface area contributed by atoms with E-state index in [9.17, 15) is 14.0 Å². The fourth-order valence-electron chi connectivity index (χ4n) is 2.70. The fourth-order valence-corrected chi connectivity index (χ4v) is 2.70. The summed E-state index contributed by atoms with van der Waals surface area (Å²) in [4.78, 5) is 27.7. The number of rotatable bonds is 8. The Labute approximate surface area is 178 Å². The molecule has 0 fully saturated rings. The molecule has 0 aliphatic rings. The van der Waals surface area contributed by atoms with Gasteiger partial charge in [-0.1, -0.05) is 12.1 Å². The van der Waals surface area contributed by atoms with Crippen LogP contribution in [-0.2, 0) is 6.61 Å². The van der Waals surface area contributed by atoms with Crippen LogP contribution < -0.4 is 14.8 Å². The molecular weight excluding hydrogens is 403 g/mol. The average Bonchev–Trinajstić information content (AvgIpc) is 2.73. The summed E-state index contributed by atoms with van der Waals surface area (Å²) in [6.45, 7) is 3.80. The SMILES string of the molecule is CC(C)Oc1ccc(OCc2cccc(F)c2)cc1C(=O)Nc1ccc(C(=O)O)cn1. The van der Waals surface area contributed by atoms with Crippen molar-refractivity contribution in [3.8, 4) is 11.5 Å². The number of benzene rings is 2. The Morgan fingerprint density at radius 2 is 1.94 bits per heavy atom. The first kappa shape index (κ1) is 21.8. The number of nitrogens with one attached hydrogen (secondary N) is 1. The first-order valence-corrected chi connectivity index (χ1v) is 9.50. The maximum absolute atomic E-state index is 13.3. The van der Waals surface area contributed by atoms with E-state index in [0.717, 1.165) is 6.20 Å². The second kappa shape index (κ2) is 9.71. The number of pyridine rings is 1. The highest BCUT2D eigenvalue weighted by molar-refractivity contribution is 6.06. The summed E-state index contributed by atoms with van der Waals surface area (Å²) in [6.07, 6.45) is 0.987. The molecule has 0 aliphatic carbocycles. The van der Waals surface area contributed by atoms with Crippen molar-refractivity contribution in [3.63, 3.8) is 0 Å². The van der Waals surface area contributed by atoms with Crippen LogP contribution in [0.15, 0.2) is 60.8 Å². The molecule has 8 heteroatoms. The van der Waals surface area contributed by atoms with E-state index in [-0.39, 0.29) is 35.5 Å². The van der Waals surface area contributed by atoms with Gasteiger partial charge in [-0.2, -0.15) is 0 Å². The Morgan fingerprint density at radius 3 is 2.58 bits per heavy atom. The van der Waals surface area contributed by atoms with Crippen LogP contribution in [-0.4, -0.2) is 28.1 Å². The summed E-state index contributed by atoms with van der Waals surface area (Å²) in [6, 6.07) is 13.6. The van der Waals surface area contributed by atoms with Crippen molar-refractivity contribution in [3.05, 3.63) is 83.3 Å². The summed E-state index contributed by atoms with van der Waals surface area (Å²) in [5.41, 5.74) is 0.875. The Bertz CT molecular complexity index is 1080. The lowest BCUT2D eigenvalue weighted by atomic mass is 10.1. The van der Waals surface area contributed by atoms with E-state index in [0.29, 0.717) is 17.1 Å². The Kier molecular flexibility index (Phi) is 6.81. The summed E-state index contributed by atoms with van der Waals surface area (Å²) < 4.78 is 24.8. The molecule has 0 saturated heterocycles. The second-order valence-corrected chi connectivity index (χ2v) is 6.93. The zero-order chi connectivity index (χ0) is 22.4. The highest BCUT2D eigenvalue weighted by atomic mass is 19.1. The number of hydrogen-bond donors (Lipinski definition) is 2. The maximum Gasteiger partial charge on any atom is 0.337 e. The van der Waals surface area contributed by atoms with Crippen molar-refractivity contribution in [1.82, 2.24) is 4.98 Å². The number of carboxylic acid groups (broad SMARTS) is 1. The summed E-state index contributed by atoms with van der Waals surface area (Å²) in [7, 11) is 0. The van der Waals surface area contributed by atoms with Crippen molar-refractivity contribution < 1.29 is 28.6 Å². The number of carbonyl (C=O) groups is 2. The molecule has 0 spiro atoms. The standard InChI is InChI=1S/C23H21FN2O5/c1-14(2)31-20-8-7-18(30-13-15-4-3-5-17(24)10-15)11-19(20)22(27)26-21-9-6-16(12-25-21)23(28)29/h3-12,14H,13H2,1-2H3,(H,28,29)(H,25,26,27). The highest BCUT2D eigenvalue weighted by Gasteiger charge is 2.17. The van der Waals surface area contributed by atoms with Crippen LogP contribution in [0, 0.1) is 5.82 Å². The quantitative estimate of drug-likeness (QED) is 0.551. The van der Waals surface area contributed by atoms with E-state index < -0.39 is 11.9 Å². The number of aromatic carboxylic acids is 1. The van der Waals surface area contributed by atoms with Gasteiger partial charge in [-0.3, -0.25) is 4.79 Å². The van der Waals surface area contributed by atoms with Gasteiger partial charge in [0.15, 0.2) is 0 Å². The molecule has 160 valence electrons. The van der Waals surface area contributed by atoms with Crippen molar-refractivity contribution in [2.75, 3.05) is 5.32 Å². The summed E-state index contributed by atoms with van der Waals surface area (Å²) >= 11 is 0. The molecule has 2 N–H and O–H groups in total. The topological polar surface area (TPSA) is 97.8 Å². The molecule has 31 heavy (non-hydrogen) atoms. The van der Waals surface area contributed by atoms with Gasteiger partial charge in [-0.25, -0.2) is 14.2 Å². The number of aromatic nitrogens is 1. The molecule has 0 atom stereocenters. The summed E-state index contributed by atoms with van der Waals surface area (Å²) in [5.74, 6) is -1.02. The number of nitrogens with zero attached hydrogens (tertiary/aromatic N) is 1. The first-order chi connectivity index (χ1) is 14.8. The van der Waals surface area contributed by atoms with Gasteiger partial charge >= 0.3 is 5.97 Å². The Balaban J connectivity index is 1.80. The lowest BCUT2D eigenvalue weighted by Gasteiger charge is -2.16. The van der Waals surface area contributed by atoms with Gasteiger partial charge in [0.1, 0.15) is 29.7 Å². The van der Waals surface area contributed by atoms with E-state index in [4.69, 9.17) is 14.6 Å². The molecule has 0 bridgehead atoms. The van der Waals surface area contributed by atoms with Gasteiger partial charge < -0.3 is 19.9 Å². The van der Waals surface area contributed by atoms with Crippen LogP contribution in [0.25, 0.3) is 0 Å². The molecule has 7 nitrogen and oxygen atoms in total. The Morgan fingerprint density at radius 1 is 1.13 bits per heavy atom. The molecule has 1 heterocycles. The van der Waals surface area contributed by atoms with Gasteiger partial charge in [0.2, 0.25) is 0 Å².